The van der Waals surface area contributed by atoms with E-state index in [9.17, 15) is 4.79 Å². The molecule has 2 aromatic heterocycles. The molecule has 0 aliphatic rings. The highest BCUT2D eigenvalue weighted by atomic mass is 32.1. The number of imidazole rings is 1. The SMILES string of the molecule is CC(=O)n1c(-c2cscn2)nc2ccccc21. The van der Waals surface area contributed by atoms with Gasteiger partial charge in [-0.25, -0.2) is 9.97 Å². The van der Waals surface area contributed by atoms with Crippen LogP contribution in [0.15, 0.2) is 35.2 Å². The zero-order chi connectivity index (χ0) is 11.8. The molecule has 0 spiro atoms. The van der Waals surface area contributed by atoms with Crippen LogP contribution in [0.5, 0.6) is 0 Å². The lowest BCUT2D eigenvalue weighted by Crippen LogP contribution is -2.07. The molecule has 0 aliphatic carbocycles. The molecule has 0 saturated heterocycles. The zero-order valence-electron chi connectivity index (χ0n) is 9.12. The largest absolute Gasteiger partial charge is 0.274 e. The van der Waals surface area contributed by atoms with Gasteiger partial charge >= 0.3 is 0 Å². The average Bonchev–Trinajstić information content (AvgIpc) is 2.95. The van der Waals surface area contributed by atoms with Gasteiger partial charge in [0, 0.05) is 12.3 Å². The van der Waals surface area contributed by atoms with Gasteiger partial charge in [-0.1, -0.05) is 12.1 Å². The second kappa shape index (κ2) is 3.78. The Labute approximate surface area is 102 Å². The molecule has 0 aliphatic heterocycles. The minimum absolute atomic E-state index is 0.0540. The Balaban J connectivity index is 2.38. The summed E-state index contributed by atoms with van der Waals surface area (Å²) in [4.78, 5) is 20.4. The van der Waals surface area contributed by atoms with Gasteiger partial charge in [0.25, 0.3) is 0 Å². The standard InChI is InChI=1S/C12H9N3OS/c1-8(16)15-11-5-3-2-4-9(11)14-12(15)10-6-17-7-13-10/h2-7H,1H3. The summed E-state index contributed by atoms with van der Waals surface area (Å²) in [6.07, 6.45) is 0. The molecule has 4 nitrogen and oxygen atoms in total. The second-order valence-electron chi connectivity index (χ2n) is 3.65. The third-order valence-corrected chi connectivity index (χ3v) is 3.12. The van der Waals surface area contributed by atoms with E-state index in [-0.39, 0.29) is 5.91 Å². The van der Waals surface area contributed by atoms with Gasteiger partial charge in [-0.2, -0.15) is 0 Å². The van der Waals surface area contributed by atoms with Crippen molar-refractivity contribution < 1.29 is 4.79 Å². The lowest BCUT2D eigenvalue weighted by atomic mass is 10.3. The lowest BCUT2D eigenvalue weighted by molar-refractivity contribution is 0.0943. The molecule has 17 heavy (non-hydrogen) atoms. The maximum atomic E-state index is 11.7. The first kappa shape index (κ1) is 10.2. The number of nitrogens with zero attached hydrogens (tertiary/aromatic N) is 3. The van der Waals surface area contributed by atoms with E-state index in [1.807, 2.05) is 29.6 Å². The molecule has 0 fully saturated rings. The quantitative estimate of drug-likeness (QED) is 0.660. The number of carbonyl (C=O) groups is 1. The van der Waals surface area contributed by atoms with E-state index in [4.69, 9.17) is 0 Å². The van der Waals surface area contributed by atoms with Gasteiger partial charge in [0.1, 0.15) is 5.69 Å². The van der Waals surface area contributed by atoms with Gasteiger partial charge in [0.05, 0.1) is 16.5 Å². The maximum absolute atomic E-state index is 11.7. The molecular weight excluding hydrogens is 234 g/mol. The summed E-state index contributed by atoms with van der Waals surface area (Å²) in [5.74, 6) is 0.557. The Morgan fingerprint density at radius 2 is 2.18 bits per heavy atom. The molecule has 3 aromatic rings. The van der Waals surface area contributed by atoms with Crippen molar-refractivity contribution in [3.63, 3.8) is 0 Å². The Kier molecular flexibility index (Phi) is 2.26. The van der Waals surface area contributed by atoms with Crippen molar-refractivity contribution in [3.8, 4) is 11.5 Å². The Morgan fingerprint density at radius 1 is 1.35 bits per heavy atom. The summed E-state index contributed by atoms with van der Waals surface area (Å²) < 4.78 is 1.60. The number of carbonyl (C=O) groups excluding carboxylic acids is 1. The van der Waals surface area contributed by atoms with Crippen molar-refractivity contribution in [2.75, 3.05) is 0 Å². The molecule has 0 bridgehead atoms. The molecule has 0 saturated carbocycles. The molecule has 5 heteroatoms. The van der Waals surface area contributed by atoms with E-state index < -0.39 is 0 Å². The number of hydrogen-bond acceptors (Lipinski definition) is 4. The van der Waals surface area contributed by atoms with Gasteiger partial charge in [0.15, 0.2) is 5.82 Å². The summed E-state index contributed by atoms with van der Waals surface area (Å²) >= 11 is 1.49. The minimum atomic E-state index is -0.0540. The van der Waals surface area contributed by atoms with Crippen LogP contribution in [-0.4, -0.2) is 20.4 Å². The topological polar surface area (TPSA) is 47.8 Å². The van der Waals surface area contributed by atoms with Crippen molar-refractivity contribution >= 4 is 28.3 Å². The number of benzene rings is 1. The van der Waals surface area contributed by atoms with E-state index in [2.05, 4.69) is 9.97 Å². The van der Waals surface area contributed by atoms with Crippen LogP contribution >= 0.6 is 11.3 Å². The summed E-state index contributed by atoms with van der Waals surface area (Å²) in [6.45, 7) is 1.53. The minimum Gasteiger partial charge on any atom is -0.274 e. The van der Waals surface area contributed by atoms with Crippen LogP contribution in [0.4, 0.5) is 0 Å². The highest BCUT2D eigenvalue weighted by Crippen LogP contribution is 2.24. The first-order valence-corrected chi connectivity index (χ1v) is 6.08. The van der Waals surface area contributed by atoms with Crippen molar-refractivity contribution in [2.45, 2.75) is 6.92 Å². The number of para-hydroxylation sites is 2. The van der Waals surface area contributed by atoms with Crippen molar-refractivity contribution in [2.24, 2.45) is 0 Å². The van der Waals surface area contributed by atoms with Gasteiger partial charge in [-0.3, -0.25) is 9.36 Å². The maximum Gasteiger partial charge on any atom is 0.229 e. The molecule has 0 N–H and O–H groups in total. The highest BCUT2D eigenvalue weighted by molar-refractivity contribution is 7.07. The van der Waals surface area contributed by atoms with Crippen molar-refractivity contribution in [1.82, 2.24) is 14.5 Å². The summed E-state index contributed by atoms with van der Waals surface area (Å²) in [7, 11) is 0. The summed E-state index contributed by atoms with van der Waals surface area (Å²) in [6, 6.07) is 7.59. The number of aromatic nitrogens is 3. The first-order valence-electron chi connectivity index (χ1n) is 5.14. The Bertz CT molecular complexity index is 685. The van der Waals surface area contributed by atoms with Crippen LogP contribution in [0.3, 0.4) is 0 Å². The molecule has 0 atom stereocenters. The number of hydrogen-bond donors (Lipinski definition) is 0. The molecule has 84 valence electrons. The van der Waals surface area contributed by atoms with E-state index in [0.717, 1.165) is 16.7 Å². The fraction of sp³-hybridized carbons (Fsp3) is 0.0833. The van der Waals surface area contributed by atoms with Gasteiger partial charge in [-0.05, 0) is 12.1 Å². The van der Waals surface area contributed by atoms with Gasteiger partial charge in [-0.15, -0.1) is 11.3 Å². The highest BCUT2D eigenvalue weighted by Gasteiger charge is 2.16. The molecule has 1 aromatic carbocycles. The predicted octanol–water partition coefficient (Wildman–Crippen LogP) is 2.82. The van der Waals surface area contributed by atoms with E-state index in [1.165, 1.54) is 18.3 Å². The smallest absolute Gasteiger partial charge is 0.229 e. The van der Waals surface area contributed by atoms with Crippen LogP contribution in [0, 0.1) is 0 Å². The van der Waals surface area contributed by atoms with Gasteiger partial charge < -0.3 is 0 Å². The summed E-state index contributed by atoms with van der Waals surface area (Å²) in [5.41, 5.74) is 4.11. The molecule has 0 radical (unpaired) electrons. The molecular formula is C12H9N3OS. The third-order valence-electron chi connectivity index (χ3n) is 2.54. The normalized spacial score (nSPS) is 10.9. The van der Waals surface area contributed by atoms with Crippen LogP contribution in [0.25, 0.3) is 22.6 Å². The fourth-order valence-corrected chi connectivity index (χ4v) is 2.37. The van der Waals surface area contributed by atoms with Crippen molar-refractivity contribution in [1.29, 1.82) is 0 Å². The predicted molar refractivity (Wildman–Crippen MR) is 67.1 cm³/mol. The van der Waals surface area contributed by atoms with Gasteiger partial charge in [0.2, 0.25) is 5.91 Å². The second-order valence-corrected chi connectivity index (χ2v) is 4.37. The lowest BCUT2D eigenvalue weighted by Gasteiger charge is -2.01. The zero-order valence-corrected chi connectivity index (χ0v) is 9.94. The fourth-order valence-electron chi connectivity index (χ4n) is 1.84. The van der Waals surface area contributed by atoms with Crippen LogP contribution in [-0.2, 0) is 0 Å². The Morgan fingerprint density at radius 3 is 2.88 bits per heavy atom. The Hall–Kier alpha value is -2.01. The van der Waals surface area contributed by atoms with Crippen LogP contribution in [0.1, 0.15) is 11.7 Å². The number of fused-ring (bicyclic) bond motifs is 1. The third kappa shape index (κ3) is 1.55. The molecule has 0 amide bonds. The van der Waals surface area contributed by atoms with Crippen molar-refractivity contribution in [3.05, 3.63) is 35.2 Å². The van der Waals surface area contributed by atoms with E-state index in [1.54, 1.807) is 10.1 Å². The average molecular weight is 243 g/mol. The number of thiazole rings is 1. The molecule has 0 unspecified atom stereocenters. The van der Waals surface area contributed by atoms with Crippen LogP contribution < -0.4 is 0 Å². The molecule has 3 rings (SSSR count). The van der Waals surface area contributed by atoms with Crippen LogP contribution in [0.2, 0.25) is 0 Å². The monoisotopic (exact) mass is 243 g/mol. The van der Waals surface area contributed by atoms with E-state index >= 15 is 0 Å². The first-order chi connectivity index (χ1) is 8.27. The molecule has 2 heterocycles. The summed E-state index contributed by atoms with van der Waals surface area (Å²) in [5, 5.41) is 1.89. The van der Waals surface area contributed by atoms with E-state index in [0.29, 0.717) is 5.82 Å². The number of rotatable bonds is 1.